The van der Waals surface area contributed by atoms with Gasteiger partial charge in [0.15, 0.2) is 0 Å². The van der Waals surface area contributed by atoms with Gasteiger partial charge in [-0.2, -0.15) is 0 Å². The second kappa shape index (κ2) is 5.39. The molecule has 0 bridgehead atoms. The zero-order chi connectivity index (χ0) is 10.4. The second-order valence-corrected chi connectivity index (χ2v) is 3.00. The number of anilines is 1. The SMILES string of the molecule is CCOCC(C)Nc1cc(=O)[nH]cn1. The van der Waals surface area contributed by atoms with E-state index in [-0.39, 0.29) is 11.6 Å². The molecule has 0 aliphatic heterocycles. The molecule has 1 rings (SSSR count). The van der Waals surface area contributed by atoms with Crippen LogP contribution >= 0.6 is 0 Å². The first-order chi connectivity index (χ1) is 6.72. The van der Waals surface area contributed by atoms with E-state index in [2.05, 4.69) is 15.3 Å². The van der Waals surface area contributed by atoms with E-state index in [1.807, 2.05) is 13.8 Å². The predicted molar refractivity (Wildman–Crippen MR) is 54.4 cm³/mol. The first-order valence-electron chi connectivity index (χ1n) is 4.61. The third kappa shape index (κ3) is 3.57. The van der Waals surface area contributed by atoms with E-state index < -0.39 is 0 Å². The van der Waals surface area contributed by atoms with Gasteiger partial charge < -0.3 is 15.0 Å². The van der Waals surface area contributed by atoms with Crippen molar-refractivity contribution in [3.63, 3.8) is 0 Å². The Balaban J connectivity index is 2.47. The number of aromatic nitrogens is 2. The van der Waals surface area contributed by atoms with Crippen LogP contribution in [-0.2, 0) is 4.74 Å². The highest BCUT2D eigenvalue weighted by Gasteiger charge is 2.02. The summed E-state index contributed by atoms with van der Waals surface area (Å²) < 4.78 is 5.22. The van der Waals surface area contributed by atoms with Gasteiger partial charge in [0.1, 0.15) is 5.82 Å². The fourth-order valence-electron chi connectivity index (χ4n) is 1.04. The maximum atomic E-state index is 10.9. The molecule has 1 aromatic rings. The standard InChI is InChI=1S/C9H15N3O2/c1-3-14-5-7(2)12-8-4-9(13)11-6-10-8/h4,6-7H,3,5H2,1-2H3,(H2,10,11,12,13). The summed E-state index contributed by atoms with van der Waals surface area (Å²) in [5.41, 5.74) is -0.161. The van der Waals surface area contributed by atoms with Crippen LogP contribution in [-0.4, -0.2) is 29.2 Å². The Kier molecular flexibility index (Phi) is 4.12. The maximum Gasteiger partial charge on any atom is 0.252 e. The third-order valence-electron chi connectivity index (χ3n) is 1.64. The Labute approximate surface area is 82.5 Å². The van der Waals surface area contributed by atoms with Crippen LogP contribution in [0.25, 0.3) is 0 Å². The van der Waals surface area contributed by atoms with E-state index in [1.165, 1.54) is 12.4 Å². The molecule has 2 N–H and O–H groups in total. The van der Waals surface area contributed by atoms with E-state index >= 15 is 0 Å². The number of H-pyrrole nitrogens is 1. The first-order valence-corrected chi connectivity index (χ1v) is 4.61. The molecule has 0 aromatic carbocycles. The van der Waals surface area contributed by atoms with Crippen molar-refractivity contribution >= 4 is 5.82 Å². The summed E-state index contributed by atoms with van der Waals surface area (Å²) in [5, 5.41) is 3.06. The van der Waals surface area contributed by atoms with Crippen LogP contribution in [0.15, 0.2) is 17.2 Å². The van der Waals surface area contributed by atoms with Gasteiger partial charge in [0.2, 0.25) is 0 Å². The second-order valence-electron chi connectivity index (χ2n) is 3.00. The van der Waals surface area contributed by atoms with E-state index in [1.54, 1.807) is 0 Å². The minimum Gasteiger partial charge on any atom is -0.380 e. The molecular weight excluding hydrogens is 182 g/mol. The lowest BCUT2D eigenvalue weighted by Crippen LogP contribution is -2.23. The fourth-order valence-corrected chi connectivity index (χ4v) is 1.04. The molecule has 0 amide bonds. The average molecular weight is 197 g/mol. The van der Waals surface area contributed by atoms with Gasteiger partial charge in [0.05, 0.1) is 12.9 Å². The Bertz CT molecular complexity index is 324. The van der Waals surface area contributed by atoms with Gasteiger partial charge in [0, 0.05) is 18.7 Å². The lowest BCUT2D eigenvalue weighted by Gasteiger charge is -2.13. The van der Waals surface area contributed by atoms with Crippen LogP contribution < -0.4 is 10.9 Å². The Hall–Kier alpha value is -1.36. The third-order valence-corrected chi connectivity index (χ3v) is 1.64. The number of aromatic amines is 1. The quantitative estimate of drug-likeness (QED) is 0.725. The molecule has 0 spiro atoms. The highest BCUT2D eigenvalue weighted by atomic mass is 16.5. The lowest BCUT2D eigenvalue weighted by atomic mass is 10.3. The summed E-state index contributed by atoms with van der Waals surface area (Å²) in [4.78, 5) is 17.3. The van der Waals surface area contributed by atoms with Crippen molar-refractivity contribution in [3.05, 3.63) is 22.7 Å². The number of nitrogens with zero attached hydrogens (tertiary/aromatic N) is 1. The molecule has 0 saturated carbocycles. The molecule has 0 aliphatic carbocycles. The van der Waals surface area contributed by atoms with Crippen molar-refractivity contribution in [2.45, 2.75) is 19.9 Å². The minimum atomic E-state index is -0.161. The summed E-state index contributed by atoms with van der Waals surface area (Å²) >= 11 is 0. The van der Waals surface area contributed by atoms with Gasteiger partial charge in [0.25, 0.3) is 5.56 Å². The summed E-state index contributed by atoms with van der Waals surface area (Å²) in [6, 6.07) is 1.56. The molecule has 0 saturated heterocycles. The predicted octanol–water partition coefficient (Wildman–Crippen LogP) is 0.607. The number of ether oxygens (including phenoxy) is 1. The zero-order valence-electron chi connectivity index (χ0n) is 8.41. The number of nitrogens with one attached hydrogen (secondary N) is 2. The van der Waals surface area contributed by atoms with E-state index in [9.17, 15) is 4.79 Å². The maximum absolute atomic E-state index is 10.9. The van der Waals surface area contributed by atoms with E-state index in [4.69, 9.17) is 4.74 Å². The molecule has 78 valence electrons. The smallest absolute Gasteiger partial charge is 0.252 e. The normalized spacial score (nSPS) is 12.4. The summed E-state index contributed by atoms with van der Waals surface area (Å²) in [6.07, 6.45) is 1.37. The largest absolute Gasteiger partial charge is 0.380 e. The molecule has 1 heterocycles. The van der Waals surface area contributed by atoms with Gasteiger partial charge in [-0.1, -0.05) is 0 Å². The van der Waals surface area contributed by atoms with E-state index in [0.717, 1.165) is 0 Å². The Morgan fingerprint density at radius 3 is 3.14 bits per heavy atom. The van der Waals surface area contributed by atoms with Gasteiger partial charge in [-0.05, 0) is 13.8 Å². The van der Waals surface area contributed by atoms with Crippen molar-refractivity contribution in [1.82, 2.24) is 9.97 Å². The van der Waals surface area contributed by atoms with Gasteiger partial charge >= 0.3 is 0 Å². The fraction of sp³-hybridized carbons (Fsp3) is 0.556. The lowest BCUT2D eigenvalue weighted by molar-refractivity contribution is 0.141. The minimum absolute atomic E-state index is 0.143. The molecular formula is C9H15N3O2. The molecule has 0 fully saturated rings. The highest BCUT2D eigenvalue weighted by molar-refractivity contribution is 5.32. The van der Waals surface area contributed by atoms with Crippen LogP contribution in [0.2, 0.25) is 0 Å². The van der Waals surface area contributed by atoms with Crippen LogP contribution in [0.4, 0.5) is 5.82 Å². The van der Waals surface area contributed by atoms with Crippen molar-refractivity contribution < 1.29 is 4.74 Å². The number of hydrogen-bond acceptors (Lipinski definition) is 4. The average Bonchev–Trinajstić information content (AvgIpc) is 2.15. The van der Waals surface area contributed by atoms with Gasteiger partial charge in [-0.3, -0.25) is 4.79 Å². The summed E-state index contributed by atoms with van der Waals surface area (Å²) in [6.45, 7) is 5.20. The van der Waals surface area contributed by atoms with Crippen molar-refractivity contribution in [1.29, 1.82) is 0 Å². The Morgan fingerprint density at radius 2 is 2.50 bits per heavy atom. The highest BCUT2D eigenvalue weighted by Crippen LogP contribution is 1.98. The molecule has 1 aromatic heterocycles. The van der Waals surface area contributed by atoms with E-state index in [0.29, 0.717) is 19.0 Å². The molecule has 0 radical (unpaired) electrons. The monoisotopic (exact) mass is 197 g/mol. The van der Waals surface area contributed by atoms with Gasteiger partial charge in [-0.25, -0.2) is 4.98 Å². The van der Waals surface area contributed by atoms with Crippen molar-refractivity contribution in [3.8, 4) is 0 Å². The summed E-state index contributed by atoms with van der Waals surface area (Å²) in [7, 11) is 0. The molecule has 1 unspecified atom stereocenters. The number of hydrogen-bond donors (Lipinski definition) is 2. The molecule has 1 atom stereocenters. The summed E-state index contributed by atoms with van der Waals surface area (Å²) in [5.74, 6) is 0.570. The Morgan fingerprint density at radius 1 is 1.71 bits per heavy atom. The molecule has 5 nitrogen and oxygen atoms in total. The molecule has 14 heavy (non-hydrogen) atoms. The first kappa shape index (κ1) is 10.7. The molecule has 5 heteroatoms. The zero-order valence-corrected chi connectivity index (χ0v) is 8.41. The van der Waals surface area contributed by atoms with Crippen molar-refractivity contribution in [2.24, 2.45) is 0 Å². The van der Waals surface area contributed by atoms with Gasteiger partial charge in [-0.15, -0.1) is 0 Å². The van der Waals surface area contributed by atoms with Crippen LogP contribution in [0, 0.1) is 0 Å². The number of rotatable bonds is 5. The van der Waals surface area contributed by atoms with Crippen LogP contribution in [0.1, 0.15) is 13.8 Å². The molecule has 0 aliphatic rings. The van der Waals surface area contributed by atoms with Crippen molar-refractivity contribution in [2.75, 3.05) is 18.5 Å². The van der Waals surface area contributed by atoms with Crippen LogP contribution in [0.3, 0.4) is 0 Å². The van der Waals surface area contributed by atoms with Crippen LogP contribution in [0.5, 0.6) is 0 Å². The topological polar surface area (TPSA) is 67.0 Å².